The number of aryl methyl sites for hydroxylation is 2. The van der Waals surface area contributed by atoms with E-state index >= 15 is 0 Å². The van der Waals surface area contributed by atoms with Crippen LogP contribution in [0.4, 0.5) is 0 Å². The standard InChI is InChI=1S/C26H28N4O/c1-19-23-6-3-4-7-25(23)28-20(2)24(19)16-26(31)30-13-5-12-29(14-15-30)18-22-10-8-21(17-27)9-11-22/h3-4,6-11H,5,12-16,18H2,1-2H3. The van der Waals surface area contributed by atoms with E-state index in [-0.39, 0.29) is 5.91 Å². The van der Waals surface area contributed by atoms with E-state index in [1.54, 1.807) is 0 Å². The number of benzene rings is 2. The molecule has 0 unspecified atom stereocenters. The van der Waals surface area contributed by atoms with Crippen molar-refractivity contribution in [2.45, 2.75) is 33.2 Å². The number of carbonyl (C=O) groups is 1. The van der Waals surface area contributed by atoms with Crippen LogP contribution in [0.25, 0.3) is 10.9 Å². The van der Waals surface area contributed by atoms with Crippen molar-refractivity contribution in [1.82, 2.24) is 14.8 Å². The van der Waals surface area contributed by atoms with Crippen LogP contribution in [-0.4, -0.2) is 46.9 Å². The lowest BCUT2D eigenvalue weighted by Crippen LogP contribution is -2.36. The first-order valence-electron chi connectivity index (χ1n) is 10.9. The van der Waals surface area contributed by atoms with Gasteiger partial charge >= 0.3 is 0 Å². The van der Waals surface area contributed by atoms with E-state index in [0.29, 0.717) is 12.0 Å². The van der Waals surface area contributed by atoms with Gasteiger partial charge in [0.05, 0.1) is 23.6 Å². The molecule has 0 radical (unpaired) electrons. The van der Waals surface area contributed by atoms with Gasteiger partial charge in [0.15, 0.2) is 0 Å². The van der Waals surface area contributed by atoms with Gasteiger partial charge < -0.3 is 4.90 Å². The topological polar surface area (TPSA) is 60.2 Å². The maximum Gasteiger partial charge on any atom is 0.227 e. The summed E-state index contributed by atoms with van der Waals surface area (Å²) >= 11 is 0. The Labute approximate surface area is 183 Å². The number of aromatic nitrogens is 1. The summed E-state index contributed by atoms with van der Waals surface area (Å²) in [6, 6.07) is 18.1. The van der Waals surface area contributed by atoms with E-state index < -0.39 is 0 Å². The normalized spacial score (nSPS) is 14.9. The second-order valence-electron chi connectivity index (χ2n) is 8.31. The lowest BCUT2D eigenvalue weighted by atomic mass is 9.99. The number of carbonyl (C=O) groups excluding carboxylic acids is 1. The maximum absolute atomic E-state index is 13.1. The summed E-state index contributed by atoms with van der Waals surface area (Å²) in [4.78, 5) is 22.3. The first kappa shape index (κ1) is 21.0. The summed E-state index contributed by atoms with van der Waals surface area (Å²) in [7, 11) is 0. The van der Waals surface area contributed by atoms with E-state index in [4.69, 9.17) is 10.2 Å². The number of para-hydroxylation sites is 1. The molecule has 1 aliphatic rings. The molecule has 5 nitrogen and oxygen atoms in total. The third-order valence-corrected chi connectivity index (χ3v) is 6.24. The molecule has 0 aliphatic carbocycles. The van der Waals surface area contributed by atoms with E-state index in [1.807, 2.05) is 54.3 Å². The minimum Gasteiger partial charge on any atom is -0.341 e. The van der Waals surface area contributed by atoms with Gasteiger partial charge in [-0.2, -0.15) is 5.26 Å². The molecular formula is C26H28N4O. The second kappa shape index (κ2) is 9.28. The molecule has 1 fully saturated rings. The van der Waals surface area contributed by atoms with E-state index in [1.165, 1.54) is 5.56 Å². The fraction of sp³-hybridized carbons (Fsp3) is 0.346. The van der Waals surface area contributed by atoms with Crippen LogP contribution in [0.3, 0.4) is 0 Å². The van der Waals surface area contributed by atoms with Gasteiger partial charge in [-0.3, -0.25) is 14.7 Å². The molecule has 0 N–H and O–H groups in total. The number of rotatable bonds is 4. The Hall–Kier alpha value is -3.23. The molecule has 3 aromatic rings. The molecular weight excluding hydrogens is 384 g/mol. The molecule has 1 aliphatic heterocycles. The zero-order valence-electron chi connectivity index (χ0n) is 18.3. The predicted octanol–water partition coefficient (Wildman–Crippen LogP) is 4.00. The van der Waals surface area contributed by atoms with Crippen LogP contribution in [0.2, 0.25) is 0 Å². The van der Waals surface area contributed by atoms with E-state index in [0.717, 1.165) is 66.9 Å². The first-order valence-corrected chi connectivity index (χ1v) is 10.9. The van der Waals surface area contributed by atoms with Crippen molar-refractivity contribution < 1.29 is 4.79 Å². The first-order chi connectivity index (χ1) is 15.0. The average molecular weight is 413 g/mol. The van der Waals surface area contributed by atoms with Gasteiger partial charge in [-0.15, -0.1) is 0 Å². The summed E-state index contributed by atoms with van der Waals surface area (Å²) in [5.74, 6) is 0.184. The van der Waals surface area contributed by atoms with Crippen molar-refractivity contribution >= 4 is 16.8 Å². The highest BCUT2D eigenvalue weighted by molar-refractivity contribution is 5.86. The van der Waals surface area contributed by atoms with Crippen molar-refractivity contribution in [3.63, 3.8) is 0 Å². The number of nitriles is 1. The molecule has 4 rings (SSSR count). The quantitative estimate of drug-likeness (QED) is 0.650. The van der Waals surface area contributed by atoms with Gasteiger partial charge in [-0.1, -0.05) is 30.3 Å². The molecule has 1 aromatic heterocycles. The minimum absolute atomic E-state index is 0.184. The Morgan fingerprint density at radius 1 is 1.03 bits per heavy atom. The van der Waals surface area contributed by atoms with Crippen molar-refractivity contribution in [3.05, 3.63) is 76.5 Å². The van der Waals surface area contributed by atoms with Gasteiger partial charge in [0.1, 0.15) is 0 Å². The summed E-state index contributed by atoms with van der Waals surface area (Å²) in [6.45, 7) is 8.32. The summed E-state index contributed by atoms with van der Waals surface area (Å²) in [6.07, 6.45) is 1.38. The van der Waals surface area contributed by atoms with Crippen molar-refractivity contribution in [3.8, 4) is 6.07 Å². The Morgan fingerprint density at radius 2 is 1.81 bits per heavy atom. The summed E-state index contributed by atoms with van der Waals surface area (Å²) in [5.41, 5.74) is 6.04. The molecule has 0 spiro atoms. The number of hydrogen-bond donors (Lipinski definition) is 0. The Bertz CT molecular complexity index is 1130. The molecule has 5 heteroatoms. The lowest BCUT2D eigenvalue weighted by Gasteiger charge is -2.23. The van der Waals surface area contributed by atoms with Crippen LogP contribution in [-0.2, 0) is 17.8 Å². The molecule has 0 bridgehead atoms. The molecule has 1 amide bonds. The second-order valence-corrected chi connectivity index (χ2v) is 8.31. The molecule has 2 aromatic carbocycles. The largest absolute Gasteiger partial charge is 0.341 e. The highest BCUT2D eigenvalue weighted by atomic mass is 16.2. The van der Waals surface area contributed by atoms with Crippen LogP contribution in [0.15, 0.2) is 48.5 Å². The number of amides is 1. The fourth-order valence-electron chi connectivity index (χ4n) is 4.42. The minimum atomic E-state index is 0.184. The predicted molar refractivity (Wildman–Crippen MR) is 123 cm³/mol. The fourth-order valence-corrected chi connectivity index (χ4v) is 4.42. The van der Waals surface area contributed by atoms with Crippen LogP contribution in [0, 0.1) is 25.2 Å². The third kappa shape index (κ3) is 4.76. The van der Waals surface area contributed by atoms with Gasteiger partial charge in [0.25, 0.3) is 0 Å². The average Bonchev–Trinajstić information content (AvgIpc) is 3.03. The van der Waals surface area contributed by atoms with E-state index in [9.17, 15) is 4.79 Å². The SMILES string of the molecule is Cc1nc2ccccc2c(C)c1CC(=O)N1CCCN(Cc2ccc(C#N)cc2)CC1. The zero-order chi connectivity index (χ0) is 21.8. The number of hydrogen-bond acceptors (Lipinski definition) is 4. The number of pyridine rings is 1. The monoisotopic (exact) mass is 412 g/mol. The maximum atomic E-state index is 13.1. The third-order valence-electron chi connectivity index (χ3n) is 6.24. The molecule has 158 valence electrons. The van der Waals surface area contributed by atoms with Crippen molar-refractivity contribution in [1.29, 1.82) is 5.26 Å². The Morgan fingerprint density at radius 3 is 2.58 bits per heavy atom. The van der Waals surface area contributed by atoms with Gasteiger partial charge in [-0.25, -0.2) is 0 Å². The van der Waals surface area contributed by atoms with Crippen LogP contribution in [0.5, 0.6) is 0 Å². The number of nitrogens with zero attached hydrogens (tertiary/aromatic N) is 4. The zero-order valence-corrected chi connectivity index (χ0v) is 18.3. The molecule has 1 saturated heterocycles. The van der Waals surface area contributed by atoms with Crippen LogP contribution < -0.4 is 0 Å². The smallest absolute Gasteiger partial charge is 0.227 e. The van der Waals surface area contributed by atoms with Gasteiger partial charge in [0, 0.05) is 43.8 Å². The van der Waals surface area contributed by atoms with E-state index in [2.05, 4.69) is 24.0 Å². The highest BCUT2D eigenvalue weighted by Crippen LogP contribution is 2.23. The van der Waals surface area contributed by atoms with Crippen molar-refractivity contribution in [2.75, 3.05) is 26.2 Å². The molecule has 31 heavy (non-hydrogen) atoms. The highest BCUT2D eigenvalue weighted by Gasteiger charge is 2.21. The Kier molecular flexibility index (Phi) is 6.29. The summed E-state index contributed by atoms with van der Waals surface area (Å²) in [5, 5.41) is 10.1. The Balaban J connectivity index is 1.41. The van der Waals surface area contributed by atoms with Crippen LogP contribution >= 0.6 is 0 Å². The van der Waals surface area contributed by atoms with Gasteiger partial charge in [-0.05, 0) is 55.2 Å². The molecule has 0 atom stereocenters. The van der Waals surface area contributed by atoms with Crippen molar-refractivity contribution in [2.24, 2.45) is 0 Å². The summed E-state index contributed by atoms with van der Waals surface area (Å²) < 4.78 is 0. The molecule has 0 saturated carbocycles. The number of fused-ring (bicyclic) bond motifs is 1. The van der Waals surface area contributed by atoms with Crippen LogP contribution in [0.1, 0.15) is 34.4 Å². The lowest BCUT2D eigenvalue weighted by molar-refractivity contribution is -0.130. The molecule has 2 heterocycles. The van der Waals surface area contributed by atoms with Gasteiger partial charge in [0.2, 0.25) is 5.91 Å².